The summed E-state index contributed by atoms with van der Waals surface area (Å²) in [6, 6.07) is 19.3. The Morgan fingerprint density at radius 3 is 2.66 bits per heavy atom. The van der Waals surface area contributed by atoms with Crippen LogP contribution in [-0.4, -0.2) is 59.6 Å². The second-order valence-corrected chi connectivity index (χ2v) is 9.46. The molecule has 1 fully saturated rings. The van der Waals surface area contributed by atoms with Crippen molar-refractivity contribution in [3.63, 3.8) is 0 Å². The summed E-state index contributed by atoms with van der Waals surface area (Å²) in [5, 5.41) is 3.98. The predicted octanol–water partition coefficient (Wildman–Crippen LogP) is 5.80. The molecule has 1 aliphatic rings. The average Bonchev–Trinajstić information content (AvgIpc) is 3.37. The van der Waals surface area contributed by atoms with Gasteiger partial charge < -0.3 is 19.4 Å². The van der Waals surface area contributed by atoms with Crippen LogP contribution in [0.5, 0.6) is 0 Å². The van der Waals surface area contributed by atoms with E-state index in [0.717, 1.165) is 54.6 Å². The third-order valence-electron chi connectivity index (χ3n) is 6.71. The van der Waals surface area contributed by atoms with Crippen molar-refractivity contribution in [3.8, 4) is 11.3 Å². The van der Waals surface area contributed by atoms with Crippen molar-refractivity contribution in [1.82, 2.24) is 14.8 Å². The number of nitrogens with zero attached hydrogens (tertiary/aromatic N) is 3. The lowest BCUT2D eigenvalue weighted by Gasteiger charge is -2.34. The van der Waals surface area contributed by atoms with Crippen molar-refractivity contribution in [2.75, 3.05) is 38.1 Å². The van der Waals surface area contributed by atoms with Crippen LogP contribution in [-0.2, 0) is 11.3 Å². The molecule has 8 nitrogen and oxygen atoms in total. The van der Waals surface area contributed by atoms with E-state index in [0.29, 0.717) is 36.7 Å². The molecule has 2 aromatic carbocycles. The Kier molecular flexibility index (Phi) is 7.99. The SMILES string of the molecule is CCCCOC(=O)N1CCN(Cc2ccc3cc(-c4ccccc4NC(=O)c4cccnc4)oc3c2)CC1. The number of benzene rings is 2. The lowest BCUT2D eigenvalue weighted by atomic mass is 10.1. The summed E-state index contributed by atoms with van der Waals surface area (Å²) >= 11 is 0. The van der Waals surface area contributed by atoms with Crippen LogP contribution in [0, 0.1) is 0 Å². The molecule has 0 spiro atoms. The number of ether oxygens (including phenoxy) is 1. The second-order valence-electron chi connectivity index (χ2n) is 9.46. The molecule has 1 aliphatic heterocycles. The summed E-state index contributed by atoms with van der Waals surface area (Å²) in [4.78, 5) is 33.1. The van der Waals surface area contributed by atoms with Gasteiger partial charge in [-0.05, 0) is 48.4 Å². The monoisotopic (exact) mass is 512 g/mol. The van der Waals surface area contributed by atoms with Crippen molar-refractivity contribution >= 4 is 28.7 Å². The van der Waals surface area contributed by atoms with Gasteiger partial charge in [0, 0.05) is 56.1 Å². The van der Waals surface area contributed by atoms with E-state index in [-0.39, 0.29) is 12.0 Å². The summed E-state index contributed by atoms with van der Waals surface area (Å²) in [5.41, 5.74) is 3.92. The van der Waals surface area contributed by atoms with E-state index < -0.39 is 0 Å². The number of unbranched alkanes of at least 4 members (excludes halogenated alkanes) is 1. The van der Waals surface area contributed by atoms with Crippen molar-refractivity contribution in [3.05, 3.63) is 84.2 Å². The number of para-hydroxylation sites is 1. The van der Waals surface area contributed by atoms with Crippen LogP contribution in [0.3, 0.4) is 0 Å². The zero-order valence-corrected chi connectivity index (χ0v) is 21.6. The number of carbonyl (C=O) groups excluding carboxylic acids is 2. The zero-order chi connectivity index (χ0) is 26.3. The standard InChI is InChI=1S/C30H32N4O4/c1-2-3-17-37-30(36)34-15-13-33(14-16-34)21-22-10-11-23-19-28(38-27(23)18-22)25-8-4-5-9-26(25)32-29(35)24-7-6-12-31-20-24/h4-12,18-20H,2-3,13-17,21H2,1H3,(H,32,35). The molecule has 0 saturated carbocycles. The molecule has 4 aromatic rings. The van der Waals surface area contributed by atoms with E-state index in [4.69, 9.17) is 9.15 Å². The van der Waals surface area contributed by atoms with Crippen LogP contribution in [0.4, 0.5) is 10.5 Å². The first-order valence-corrected chi connectivity index (χ1v) is 13.1. The first kappa shape index (κ1) is 25.5. The highest BCUT2D eigenvalue weighted by Crippen LogP contribution is 2.33. The average molecular weight is 513 g/mol. The van der Waals surface area contributed by atoms with E-state index in [1.165, 1.54) is 0 Å². The van der Waals surface area contributed by atoms with Crippen LogP contribution in [0.15, 0.2) is 77.5 Å². The minimum Gasteiger partial charge on any atom is -0.456 e. The number of furan rings is 1. The number of piperazine rings is 1. The van der Waals surface area contributed by atoms with E-state index in [9.17, 15) is 9.59 Å². The Balaban J connectivity index is 1.24. The highest BCUT2D eigenvalue weighted by Gasteiger charge is 2.22. The summed E-state index contributed by atoms with van der Waals surface area (Å²) in [7, 11) is 0. The van der Waals surface area contributed by atoms with E-state index in [1.54, 1.807) is 29.4 Å². The topological polar surface area (TPSA) is 87.9 Å². The van der Waals surface area contributed by atoms with Gasteiger partial charge in [0.05, 0.1) is 17.9 Å². The molecule has 196 valence electrons. The zero-order valence-electron chi connectivity index (χ0n) is 21.6. The molecule has 1 saturated heterocycles. The highest BCUT2D eigenvalue weighted by atomic mass is 16.6. The van der Waals surface area contributed by atoms with Gasteiger partial charge in [0.15, 0.2) is 0 Å². The number of rotatable bonds is 8. The smallest absolute Gasteiger partial charge is 0.409 e. The normalized spacial score (nSPS) is 14.0. The Labute approximate surface area is 222 Å². The fourth-order valence-corrected chi connectivity index (χ4v) is 4.55. The quantitative estimate of drug-likeness (QED) is 0.300. The van der Waals surface area contributed by atoms with Crippen LogP contribution in [0.2, 0.25) is 0 Å². The maximum Gasteiger partial charge on any atom is 0.409 e. The number of anilines is 1. The maximum atomic E-state index is 12.7. The number of amides is 2. The molecule has 5 rings (SSSR count). The largest absolute Gasteiger partial charge is 0.456 e. The van der Waals surface area contributed by atoms with Gasteiger partial charge in [-0.2, -0.15) is 0 Å². The summed E-state index contributed by atoms with van der Waals surface area (Å²) < 4.78 is 11.6. The molecular formula is C30H32N4O4. The lowest BCUT2D eigenvalue weighted by Crippen LogP contribution is -2.48. The number of hydrogen-bond acceptors (Lipinski definition) is 6. The van der Waals surface area contributed by atoms with Crippen LogP contribution < -0.4 is 5.32 Å². The van der Waals surface area contributed by atoms with Gasteiger partial charge in [-0.25, -0.2) is 4.79 Å². The van der Waals surface area contributed by atoms with Crippen LogP contribution >= 0.6 is 0 Å². The van der Waals surface area contributed by atoms with E-state index in [2.05, 4.69) is 40.3 Å². The number of hydrogen-bond donors (Lipinski definition) is 1. The fraction of sp³-hybridized carbons (Fsp3) is 0.300. The third kappa shape index (κ3) is 6.03. The van der Waals surface area contributed by atoms with Crippen LogP contribution in [0.1, 0.15) is 35.7 Å². The Bertz CT molecular complexity index is 1390. The third-order valence-corrected chi connectivity index (χ3v) is 6.71. The van der Waals surface area contributed by atoms with Gasteiger partial charge in [-0.1, -0.05) is 37.6 Å². The molecule has 0 aliphatic carbocycles. The number of aromatic nitrogens is 1. The first-order chi connectivity index (χ1) is 18.6. The highest BCUT2D eigenvalue weighted by molar-refractivity contribution is 6.06. The lowest BCUT2D eigenvalue weighted by molar-refractivity contribution is 0.0737. The van der Waals surface area contributed by atoms with E-state index in [1.807, 2.05) is 30.3 Å². The van der Waals surface area contributed by atoms with Gasteiger partial charge in [0.1, 0.15) is 11.3 Å². The molecule has 0 bridgehead atoms. The maximum absolute atomic E-state index is 12.7. The molecule has 38 heavy (non-hydrogen) atoms. The van der Waals surface area contributed by atoms with E-state index >= 15 is 0 Å². The number of fused-ring (bicyclic) bond motifs is 1. The van der Waals surface area contributed by atoms with Gasteiger partial charge in [0.25, 0.3) is 5.91 Å². The Morgan fingerprint density at radius 1 is 1.03 bits per heavy atom. The number of carbonyl (C=O) groups is 2. The van der Waals surface area contributed by atoms with Crippen LogP contribution in [0.25, 0.3) is 22.3 Å². The van der Waals surface area contributed by atoms with Gasteiger partial charge in [-0.3, -0.25) is 14.7 Å². The van der Waals surface area contributed by atoms with Gasteiger partial charge >= 0.3 is 6.09 Å². The Hall–Kier alpha value is -4.17. The summed E-state index contributed by atoms with van der Waals surface area (Å²) in [6.45, 7) is 6.28. The molecule has 0 unspecified atom stereocenters. The number of nitrogens with one attached hydrogen (secondary N) is 1. The van der Waals surface area contributed by atoms with Crippen molar-refractivity contribution < 1.29 is 18.7 Å². The molecule has 2 amide bonds. The fourth-order valence-electron chi connectivity index (χ4n) is 4.55. The van der Waals surface area contributed by atoms with Crippen molar-refractivity contribution in [2.24, 2.45) is 0 Å². The molecule has 8 heteroatoms. The minimum atomic E-state index is -0.224. The first-order valence-electron chi connectivity index (χ1n) is 13.1. The van der Waals surface area contributed by atoms with Crippen molar-refractivity contribution in [2.45, 2.75) is 26.3 Å². The van der Waals surface area contributed by atoms with Crippen molar-refractivity contribution in [1.29, 1.82) is 0 Å². The predicted molar refractivity (Wildman–Crippen MR) is 147 cm³/mol. The molecule has 2 aromatic heterocycles. The van der Waals surface area contributed by atoms with Gasteiger partial charge in [0.2, 0.25) is 0 Å². The Morgan fingerprint density at radius 2 is 1.87 bits per heavy atom. The second kappa shape index (κ2) is 11.9. The summed E-state index contributed by atoms with van der Waals surface area (Å²) in [6.07, 6.45) is 4.88. The molecule has 0 radical (unpaired) electrons. The minimum absolute atomic E-state index is 0.209. The molecule has 0 atom stereocenters. The molecule has 3 heterocycles. The number of pyridine rings is 1. The van der Waals surface area contributed by atoms with Gasteiger partial charge in [-0.15, -0.1) is 0 Å². The molecular weight excluding hydrogens is 480 g/mol. The summed E-state index contributed by atoms with van der Waals surface area (Å²) in [5.74, 6) is 0.465. The molecule has 1 N–H and O–H groups in total.